The molecule has 3 rings (SSSR count). The maximum absolute atomic E-state index is 11.8. The van der Waals surface area contributed by atoms with Crippen molar-refractivity contribution >= 4 is 11.7 Å². The number of benzene rings is 1. The number of likely N-dealkylation sites (N-methyl/N-ethyl adjacent to an activating group) is 1. The lowest BCUT2D eigenvalue weighted by Crippen LogP contribution is -2.29. The summed E-state index contributed by atoms with van der Waals surface area (Å²) in [4.78, 5) is 25.1. The van der Waals surface area contributed by atoms with Crippen molar-refractivity contribution in [1.82, 2.24) is 4.90 Å². The zero-order valence-electron chi connectivity index (χ0n) is 10.3. The van der Waals surface area contributed by atoms with Gasteiger partial charge in [-0.3, -0.25) is 9.59 Å². The van der Waals surface area contributed by atoms with Crippen LogP contribution < -0.4 is 4.74 Å². The molecule has 4 heteroatoms. The Kier molecular flexibility index (Phi) is 2.58. The standard InChI is InChI=1S/C14H15NO3/c1-15-8-7-13(14(15)17)18-12-4-2-3-9-10(12)5-6-11(9)16/h2-4,13H,5-8H2,1H3. The van der Waals surface area contributed by atoms with Crippen LogP contribution >= 0.6 is 0 Å². The predicted molar refractivity (Wildman–Crippen MR) is 65.8 cm³/mol. The Morgan fingerprint density at radius 2 is 2.11 bits per heavy atom. The van der Waals surface area contributed by atoms with E-state index in [1.165, 1.54) is 0 Å². The van der Waals surface area contributed by atoms with Crippen molar-refractivity contribution in [3.63, 3.8) is 0 Å². The minimum Gasteiger partial charge on any atom is -0.480 e. The number of ketones is 1. The molecule has 0 bridgehead atoms. The first-order chi connectivity index (χ1) is 8.66. The summed E-state index contributed by atoms with van der Waals surface area (Å²) in [5.74, 6) is 0.897. The molecule has 0 spiro atoms. The van der Waals surface area contributed by atoms with E-state index in [1.54, 1.807) is 11.9 Å². The molecule has 1 aromatic rings. The molecule has 1 aromatic carbocycles. The van der Waals surface area contributed by atoms with Crippen LogP contribution in [0.2, 0.25) is 0 Å². The predicted octanol–water partition coefficient (Wildman–Crippen LogP) is 1.43. The maximum atomic E-state index is 11.8. The first kappa shape index (κ1) is 11.3. The third-order valence-electron chi connectivity index (χ3n) is 3.68. The van der Waals surface area contributed by atoms with Gasteiger partial charge in [0.15, 0.2) is 11.9 Å². The van der Waals surface area contributed by atoms with Crippen LogP contribution in [0.1, 0.15) is 28.8 Å². The van der Waals surface area contributed by atoms with Crippen LogP contribution in [-0.4, -0.2) is 36.3 Å². The fourth-order valence-electron chi connectivity index (χ4n) is 2.62. The van der Waals surface area contributed by atoms with Gasteiger partial charge in [0, 0.05) is 37.6 Å². The Morgan fingerprint density at radius 3 is 2.83 bits per heavy atom. The first-order valence-electron chi connectivity index (χ1n) is 6.23. The summed E-state index contributed by atoms with van der Waals surface area (Å²) in [5.41, 5.74) is 1.72. The minimum atomic E-state index is -0.391. The fraction of sp³-hybridized carbons (Fsp3) is 0.429. The molecule has 1 amide bonds. The van der Waals surface area contributed by atoms with E-state index in [0.717, 1.165) is 24.1 Å². The van der Waals surface area contributed by atoms with Crippen molar-refractivity contribution in [2.75, 3.05) is 13.6 Å². The molecule has 0 saturated carbocycles. The van der Waals surface area contributed by atoms with Crippen LogP contribution in [-0.2, 0) is 11.2 Å². The third-order valence-corrected chi connectivity index (χ3v) is 3.68. The molecule has 94 valence electrons. The number of hydrogen-bond acceptors (Lipinski definition) is 3. The number of amides is 1. The lowest BCUT2D eigenvalue weighted by atomic mass is 10.1. The summed E-state index contributed by atoms with van der Waals surface area (Å²) in [6, 6.07) is 5.50. The van der Waals surface area contributed by atoms with Gasteiger partial charge in [-0.1, -0.05) is 12.1 Å². The zero-order valence-corrected chi connectivity index (χ0v) is 10.3. The van der Waals surface area contributed by atoms with E-state index in [9.17, 15) is 9.59 Å². The summed E-state index contributed by atoms with van der Waals surface area (Å²) in [6.45, 7) is 0.734. The number of nitrogens with zero attached hydrogens (tertiary/aromatic N) is 1. The average Bonchev–Trinajstić information content (AvgIpc) is 2.89. The highest BCUT2D eigenvalue weighted by Crippen LogP contribution is 2.32. The van der Waals surface area contributed by atoms with Gasteiger partial charge >= 0.3 is 0 Å². The molecule has 0 aromatic heterocycles. The second-order valence-electron chi connectivity index (χ2n) is 4.86. The largest absolute Gasteiger partial charge is 0.480 e. The zero-order chi connectivity index (χ0) is 12.7. The molecule has 2 aliphatic rings. The van der Waals surface area contributed by atoms with Gasteiger partial charge in [-0.15, -0.1) is 0 Å². The van der Waals surface area contributed by atoms with Crippen molar-refractivity contribution in [3.8, 4) is 5.75 Å². The number of Topliss-reactive ketones (excluding diaryl/α,β-unsaturated/α-hetero) is 1. The van der Waals surface area contributed by atoms with Crippen molar-refractivity contribution < 1.29 is 14.3 Å². The van der Waals surface area contributed by atoms with Gasteiger partial charge in [0.25, 0.3) is 5.91 Å². The second-order valence-corrected chi connectivity index (χ2v) is 4.86. The molecule has 18 heavy (non-hydrogen) atoms. The lowest BCUT2D eigenvalue weighted by Gasteiger charge is -2.15. The smallest absolute Gasteiger partial charge is 0.263 e. The van der Waals surface area contributed by atoms with E-state index in [1.807, 2.05) is 18.2 Å². The van der Waals surface area contributed by atoms with Crippen molar-refractivity contribution in [2.24, 2.45) is 0 Å². The highest BCUT2D eigenvalue weighted by Gasteiger charge is 2.32. The number of carbonyl (C=O) groups is 2. The van der Waals surface area contributed by atoms with Gasteiger partial charge in [-0.05, 0) is 12.5 Å². The Morgan fingerprint density at radius 1 is 1.28 bits per heavy atom. The van der Waals surface area contributed by atoms with Gasteiger partial charge in [-0.2, -0.15) is 0 Å². The van der Waals surface area contributed by atoms with Crippen LogP contribution in [0, 0.1) is 0 Å². The molecule has 1 atom stereocenters. The second kappa shape index (κ2) is 4.12. The SMILES string of the molecule is CN1CCC(Oc2cccc3c2CCC3=O)C1=O. The number of rotatable bonds is 2. The Hall–Kier alpha value is -1.84. The van der Waals surface area contributed by atoms with Gasteiger partial charge < -0.3 is 9.64 Å². The molecule has 1 heterocycles. The van der Waals surface area contributed by atoms with E-state index in [2.05, 4.69) is 0 Å². The summed E-state index contributed by atoms with van der Waals surface area (Å²) in [6.07, 6.45) is 1.60. The van der Waals surface area contributed by atoms with E-state index in [4.69, 9.17) is 4.74 Å². The molecule has 4 nitrogen and oxygen atoms in total. The number of hydrogen-bond donors (Lipinski definition) is 0. The fourth-order valence-corrected chi connectivity index (χ4v) is 2.62. The number of ether oxygens (including phenoxy) is 1. The molecule has 0 N–H and O–H groups in total. The summed E-state index contributed by atoms with van der Waals surface area (Å²) < 4.78 is 5.81. The van der Waals surface area contributed by atoms with Gasteiger partial charge in [0.2, 0.25) is 0 Å². The van der Waals surface area contributed by atoms with Crippen LogP contribution in [0.5, 0.6) is 5.75 Å². The molecule has 1 unspecified atom stereocenters. The Labute approximate surface area is 106 Å². The topological polar surface area (TPSA) is 46.6 Å². The summed E-state index contributed by atoms with van der Waals surface area (Å²) >= 11 is 0. The van der Waals surface area contributed by atoms with Crippen molar-refractivity contribution in [1.29, 1.82) is 0 Å². The highest BCUT2D eigenvalue weighted by atomic mass is 16.5. The molecule has 1 saturated heterocycles. The Bertz CT molecular complexity index is 524. The van der Waals surface area contributed by atoms with Crippen LogP contribution in [0.4, 0.5) is 0 Å². The van der Waals surface area contributed by atoms with E-state index >= 15 is 0 Å². The van der Waals surface area contributed by atoms with Gasteiger partial charge in [-0.25, -0.2) is 0 Å². The third kappa shape index (κ3) is 1.68. The maximum Gasteiger partial charge on any atom is 0.263 e. The monoisotopic (exact) mass is 245 g/mol. The van der Waals surface area contributed by atoms with E-state index in [0.29, 0.717) is 18.6 Å². The van der Waals surface area contributed by atoms with Crippen molar-refractivity contribution in [3.05, 3.63) is 29.3 Å². The molecule has 1 aliphatic carbocycles. The van der Waals surface area contributed by atoms with Gasteiger partial charge in [0.1, 0.15) is 5.75 Å². The van der Waals surface area contributed by atoms with E-state index in [-0.39, 0.29) is 11.7 Å². The molecular weight excluding hydrogens is 230 g/mol. The van der Waals surface area contributed by atoms with Crippen LogP contribution in [0.15, 0.2) is 18.2 Å². The van der Waals surface area contributed by atoms with Crippen LogP contribution in [0.3, 0.4) is 0 Å². The summed E-state index contributed by atoms with van der Waals surface area (Å²) in [7, 11) is 1.78. The van der Waals surface area contributed by atoms with Crippen LogP contribution in [0.25, 0.3) is 0 Å². The molecule has 1 fully saturated rings. The lowest BCUT2D eigenvalue weighted by molar-refractivity contribution is -0.132. The Balaban J connectivity index is 1.86. The summed E-state index contributed by atoms with van der Waals surface area (Å²) in [5, 5.41) is 0. The molecule has 1 aliphatic heterocycles. The molecule has 0 radical (unpaired) electrons. The highest BCUT2D eigenvalue weighted by molar-refractivity contribution is 6.01. The average molecular weight is 245 g/mol. The van der Waals surface area contributed by atoms with E-state index < -0.39 is 6.10 Å². The normalized spacial score (nSPS) is 22.5. The first-order valence-corrected chi connectivity index (χ1v) is 6.23. The van der Waals surface area contributed by atoms with Gasteiger partial charge in [0.05, 0.1) is 0 Å². The number of likely N-dealkylation sites (tertiary alicyclic amines) is 1. The van der Waals surface area contributed by atoms with Crippen molar-refractivity contribution in [2.45, 2.75) is 25.4 Å². The quantitative estimate of drug-likeness (QED) is 0.791. The number of fused-ring (bicyclic) bond motifs is 1. The molecular formula is C14H15NO3. The minimum absolute atomic E-state index is 0.0249. The number of carbonyl (C=O) groups excluding carboxylic acids is 2.